The lowest BCUT2D eigenvalue weighted by Crippen LogP contribution is -2.33. The van der Waals surface area contributed by atoms with Gasteiger partial charge in [-0.25, -0.2) is 0 Å². The molecule has 1 N–H and O–H groups in total. The molecule has 0 amide bonds. The topological polar surface area (TPSA) is 24.9 Å². The van der Waals surface area contributed by atoms with E-state index >= 15 is 0 Å². The van der Waals surface area contributed by atoms with Gasteiger partial charge in [-0.15, -0.1) is 0 Å². The molecular weight excluding hydrogens is 232 g/mol. The van der Waals surface area contributed by atoms with Gasteiger partial charge in [-0.3, -0.25) is 4.98 Å². The zero-order chi connectivity index (χ0) is 13.7. The number of aromatic nitrogens is 1. The summed E-state index contributed by atoms with van der Waals surface area (Å²) >= 11 is 0. The average molecular weight is 260 g/mol. The van der Waals surface area contributed by atoms with Crippen molar-refractivity contribution in [1.29, 1.82) is 0 Å². The summed E-state index contributed by atoms with van der Waals surface area (Å²) in [7, 11) is 0. The first kappa shape index (κ1) is 14.5. The molecule has 0 radical (unpaired) electrons. The van der Waals surface area contributed by atoms with Crippen molar-refractivity contribution in [2.75, 3.05) is 6.54 Å². The predicted octanol–water partition coefficient (Wildman–Crippen LogP) is 3.60. The number of aryl methyl sites for hydroxylation is 1. The summed E-state index contributed by atoms with van der Waals surface area (Å²) in [6.45, 7) is 7.99. The van der Waals surface area contributed by atoms with Crippen molar-refractivity contribution in [3.05, 3.63) is 29.6 Å². The second-order valence-corrected chi connectivity index (χ2v) is 5.97. The molecule has 3 unspecified atom stereocenters. The third-order valence-electron chi connectivity index (χ3n) is 4.65. The molecule has 1 aliphatic carbocycles. The second kappa shape index (κ2) is 7.04. The molecule has 1 fully saturated rings. The Balaban J connectivity index is 1.88. The van der Waals surface area contributed by atoms with Crippen molar-refractivity contribution in [1.82, 2.24) is 10.3 Å². The minimum atomic E-state index is 0.722. The van der Waals surface area contributed by atoms with Gasteiger partial charge in [-0.2, -0.15) is 0 Å². The van der Waals surface area contributed by atoms with Crippen LogP contribution in [0.25, 0.3) is 0 Å². The molecule has 1 heterocycles. The number of hydrogen-bond donors (Lipinski definition) is 1. The Bertz CT molecular complexity index is 371. The predicted molar refractivity (Wildman–Crippen MR) is 81.3 cm³/mol. The second-order valence-electron chi connectivity index (χ2n) is 5.97. The van der Waals surface area contributed by atoms with Crippen LogP contribution in [0.1, 0.15) is 51.3 Å². The first-order chi connectivity index (χ1) is 9.24. The van der Waals surface area contributed by atoms with Gasteiger partial charge in [0.15, 0.2) is 0 Å². The zero-order valence-electron chi connectivity index (χ0n) is 12.7. The molecule has 0 saturated heterocycles. The maximum Gasteiger partial charge on any atom is 0.0406 e. The molecule has 0 spiro atoms. The highest BCUT2D eigenvalue weighted by Crippen LogP contribution is 2.33. The monoisotopic (exact) mass is 260 g/mol. The fourth-order valence-corrected chi connectivity index (χ4v) is 3.21. The first-order valence-electron chi connectivity index (χ1n) is 7.91. The number of nitrogens with zero attached hydrogens (tertiary/aromatic N) is 1. The molecule has 1 saturated carbocycles. The molecule has 106 valence electrons. The molecule has 2 nitrogen and oxygen atoms in total. The molecule has 3 atom stereocenters. The summed E-state index contributed by atoms with van der Waals surface area (Å²) in [6.07, 6.45) is 8.18. The zero-order valence-corrected chi connectivity index (χ0v) is 12.7. The van der Waals surface area contributed by atoms with Crippen molar-refractivity contribution >= 4 is 0 Å². The standard InChI is InChI=1S/C17H28N2/c1-4-10-18-17-9-7-15(13(17)3)11-16-8-6-14(5-2)12-19-16/h6,8,12-13,15,17-18H,4-5,7,9-11H2,1-3H3. The maximum absolute atomic E-state index is 4.61. The van der Waals surface area contributed by atoms with E-state index in [0.29, 0.717) is 0 Å². The van der Waals surface area contributed by atoms with Gasteiger partial charge in [-0.05, 0) is 62.1 Å². The van der Waals surface area contributed by atoms with E-state index in [9.17, 15) is 0 Å². The maximum atomic E-state index is 4.61. The van der Waals surface area contributed by atoms with Crippen molar-refractivity contribution in [2.24, 2.45) is 11.8 Å². The number of nitrogens with one attached hydrogen (secondary N) is 1. The largest absolute Gasteiger partial charge is 0.314 e. The number of hydrogen-bond acceptors (Lipinski definition) is 2. The van der Waals surface area contributed by atoms with Gasteiger partial charge in [0.1, 0.15) is 0 Å². The van der Waals surface area contributed by atoms with Gasteiger partial charge in [0.25, 0.3) is 0 Å². The molecule has 2 rings (SSSR count). The van der Waals surface area contributed by atoms with Gasteiger partial charge in [0, 0.05) is 17.9 Å². The van der Waals surface area contributed by atoms with E-state index in [1.165, 1.54) is 30.5 Å². The molecule has 0 aromatic carbocycles. The van der Waals surface area contributed by atoms with Crippen LogP contribution in [0.15, 0.2) is 18.3 Å². The van der Waals surface area contributed by atoms with Crippen LogP contribution in [-0.2, 0) is 12.8 Å². The van der Waals surface area contributed by atoms with Crippen LogP contribution in [0, 0.1) is 11.8 Å². The van der Waals surface area contributed by atoms with Crippen LogP contribution >= 0.6 is 0 Å². The van der Waals surface area contributed by atoms with E-state index < -0.39 is 0 Å². The summed E-state index contributed by atoms with van der Waals surface area (Å²) in [4.78, 5) is 4.61. The van der Waals surface area contributed by atoms with E-state index in [4.69, 9.17) is 0 Å². The Labute approximate surface area is 118 Å². The number of pyridine rings is 1. The molecular formula is C17H28N2. The summed E-state index contributed by atoms with van der Waals surface area (Å²) in [6, 6.07) is 5.17. The highest BCUT2D eigenvalue weighted by Gasteiger charge is 2.32. The highest BCUT2D eigenvalue weighted by atomic mass is 14.9. The lowest BCUT2D eigenvalue weighted by Gasteiger charge is -2.21. The van der Waals surface area contributed by atoms with Crippen molar-refractivity contribution in [3.63, 3.8) is 0 Å². The quantitative estimate of drug-likeness (QED) is 0.845. The summed E-state index contributed by atoms with van der Waals surface area (Å²) in [5, 5.41) is 3.69. The van der Waals surface area contributed by atoms with Crippen molar-refractivity contribution < 1.29 is 0 Å². The molecule has 1 aliphatic rings. The average Bonchev–Trinajstić information content (AvgIpc) is 2.78. The van der Waals surface area contributed by atoms with E-state index in [1.54, 1.807) is 0 Å². The lowest BCUT2D eigenvalue weighted by atomic mass is 9.91. The van der Waals surface area contributed by atoms with Crippen molar-refractivity contribution in [3.8, 4) is 0 Å². The normalized spacial score (nSPS) is 26.8. The van der Waals surface area contributed by atoms with Gasteiger partial charge >= 0.3 is 0 Å². The minimum absolute atomic E-state index is 0.722. The molecule has 1 aromatic heterocycles. The van der Waals surface area contributed by atoms with E-state index in [-0.39, 0.29) is 0 Å². The van der Waals surface area contributed by atoms with Crippen LogP contribution in [-0.4, -0.2) is 17.6 Å². The third-order valence-corrected chi connectivity index (χ3v) is 4.65. The van der Waals surface area contributed by atoms with Gasteiger partial charge < -0.3 is 5.32 Å². The third kappa shape index (κ3) is 3.79. The molecule has 0 bridgehead atoms. The molecule has 0 aliphatic heterocycles. The summed E-state index contributed by atoms with van der Waals surface area (Å²) in [5.74, 6) is 1.58. The number of rotatable bonds is 6. The van der Waals surface area contributed by atoms with Crippen molar-refractivity contribution in [2.45, 2.75) is 58.9 Å². The smallest absolute Gasteiger partial charge is 0.0406 e. The Hall–Kier alpha value is -0.890. The van der Waals surface area contributed by atoms with Gasteiger partial charge in [-0.1, -0.05) is 26.8 Å². The lowest BCUT2D eigenvalue weighted by molar-refractivity contribution is 0.349. The van der Waals surface area contributed by atoms with Crippen LogP contribution in [0.2, 0.25) is 0 Å². The molecule has 19 heavy (non-hydrogen) atoms. The van der Waals surface area contributed by atoms with Crippen LogP contribution in [0.5, 0.6) is 0 Å². The van der Waals surface area contributed by atoms with Gasteiger partial charge in [0.2, 0.25) is 0 Å². The van der Waals surface area contributed by atoms with Crippen LogP contribution < -0.4 is 5.32 Å². The van der Waals surface area contributed by atoms with Gasteiger partial charge in [0.05, 0.1) is 0 Å². The van der Waals surface area contributed by atoms with E-state index in [0.717, 1.165) is 37.3 Å². The van der Waals surface area contributed by atoms with Crippen LogP contribution in [0.4, 0.5) is 0 Å². The SMILES string of the molecule is CCCNC1CCC(Cc2ccc(CC)cn2)C1C. The molecule has 2 heteroatoms. The Morgan fingerprint density at radius 2 is 2.11 bits per heavy atom. The summed E-state index contributed by atoms with van der Waals surface area (Å²) < 4.78 is 0. The van der Waals surface area contributed by atoms with Crippen LogP contribution in [0.3, 0.4) is 0 Å². The minimum Gasteiger partial charge on any atom is -0.314 e. The first-order valence-corrected chi connectivity index (χ1v) is 7.91. The molecule has 1 aromatic rings. The van der Waals surface area contributed by atoms with E-state index in [1.807, 2.05) is 6.20 Å². The Morgan fingerprint density at radius 1 is 1.26 bits per heavy atom. The Morgan fingerprint density at radius 3 is 2.74 bits per heavy atom. The van der Waals surface area contributed by atoms with E-state index in [2.05, 4.69) is 43.2 Å². The Kier molecular flexibility index (Phi) is 5.38. The fourth-order valence-electron chi connectivity index (χ4n) is 3.21. The highest BCUT2D eigenvalue weighted by molar-refractivity contribution is 5.14. The fraction of sp³-hybridized carbons (Fsp3) is 0.706. The summed E-state index contributed by atoms with van der Waals surface area (Å²) in [5.41, 5.74) is 2.61.